The Labute approximate surface area is 119 Å². The lowest BCUT2D eigenvalue weighted by Crippen LogP contribution is -2.09. The van der Waals surface area contributed by atoms with Crippen molar-refractivity contribution in [1.29, 1.82) is 0 Å². The first-order chi connectivity index (χ1) is 8.84. The van der Waals surface area contributed by atoms with E-state index in [9.17, 15) is 13.2 Å². The van der Waals surface area contributed by atoms with Crippen LogP contribution in [0.5, 0.6) is 11.6 Å². The van der Waals surface area contributed by atoms with Gasteiger partial charge in [-0.1, -0.05) is 15.9 Å². The normalized spacial score (nSPS) is 11.4. The van der Waals surface area contributed by atoms with E-state index >= 15 is 0 Å². The minimum absolute atomic E-state index is 0.269. The SMILES string of the molecule is FC(F)(F)c1cc(Oc2ccc(Br)cc2)nc(Cl)n1. The molecule has 1 aromatic heterocycles. The molecule has 0 atom stereocenters. The third-order valence-electron chi connectivity index (χ3n) is 2.00. The van der Waals surface area contributed by atoms with Gasteiger partial charge in [0, 0.05) is 10.5 Å². The van der Waals surface area contributed by atoms with Gasteiger partial charge in [0.15, 0.2) is 5.69 Å². The topological polar surface area (TPSA) is 35.0 Å². The molecule has 0 radical (unpaired) electrons. The van der Waals surface area contributed by atoms with Gasteiger partial charge in [-0.3, -0.25) is 0 Å². The maximum atomic E-state index is 12.5. The van der Waals surface area contributed by atoms with Crippen molar-refractivity contribution in [2.75, 3.05) is 0 Å². The zero-order chi connectivity index (χ0) is 14.0. The van der Waals surface area contributed by atoms with Gasteiger partial charge in [0.2, 0.25) is 11.2 Å². The number of hydrogen-bond acceptors (Lipinski definition) is 3. The Bertz CT molecular complexity index is 589. The Balaban J connectivity index is 2.30. The first kappa shape index (κ1) is 14.1. The summed E-state index contributed by atoms with van der Waals surface area (Å²) in [5.41, 5.74) is -1.15. The summed E-state index contributed by atoms with van der Waals surface area (Å²) in [6.45, 7) is 0. The largest absolute Gasteiger partial charge is 0.439 e. The smallest absolute Gasteiger partial charge is 0.433 e. The third kappa shape index (κ3) is 3.81. The number of halogens is 5. The summed E-state index contributed by atoms with van der Waals surface area (Å²) < 4.78 is 43.6. The summed E-state index contributed by atoms with van der Waals surface area (Å²) in [5, 5.41) is -0.526. The second kappa shape index (κ2) is 5.34. The first-order valence-corrected chi connectivity index (χ1v) is 6.07. The van der Waals surface area contributed by atoms with Crippen molar-refractivity contribution in [3.05, 3.63) is 45.8 Å². The number of hydrogen-bond donors (Lipinski definition) is 0. The second-order valence-corrected chi connectivity index (χ2v) is 4.67. The summed E-state index contributed by atoms with van der Waals surface area (Å²) in [7, 11) is 0. The van der Waals surface area contributed by atoms with Crippen molar-refractivity contribution in [3.8, 4) is 11.6 Å². The Morgan fingerprint density at radius 2 is 1.74 bits per heavy atom. The summed E-state index contributed by atoms with van der Waals surface area (Å²) in [4.78, 5) is 6.69. The summed E-state index contributed by atoms with van der Waals surface area (Å²) in [5.74, 6) is 0.0701. The van der Waals surface area contributed by atoms with E-state index in [-0.39, 0.29) is 5.88 Å². The zero-order valence-corrected chi connectivity index (χ0v) is 11.4. The summed E-state index contributed by atoms with van der Waals surface area (Å²) >= 11 is 8.67. The molecule has 8 heteroatoms. The van der Waals surface area contributed by atoms with Crippen molar-refractivity contribution < 1.29 is 17.9 Å². The quantitative estimate of drug-likeness (QED) is 0.734. The minimum atomic E-state index is -4.61. The van der Waals surface area contributed by atoms with Crippen LogP contribution in [0.1, 0.15) is 5.69 Å². The molecule has 0 aliphatic carbocycles. The average Bonchev–Trinajstić information content (AvgIpc) is 2.30. The average molecular weight is 354 g/mol. The number of alkyl halides is 3. The molecular formula is C11H5BrClF3N2O. The Kier molecular flexibility index (Phi) is 3.96. The zero-order valence-electron chi connectivity index (χ0n) is 9.08. The van der Waals surface area contributed by atoms with Gasteiger partial charge >= 0.3 is 6.18 Å². The van der Waals surface area contributed by atoms with Crippen LogP contribution in [0.15, 0.2) is 34.8 Å². The van der Waals surface area contributed by atoms with Crippen LogP contribution in [-0.4, -0.2) is 9.97 Å². The van der Waals surface area contributed by atoms with Gasteiger partial charge in [-0.2, -0.15) is 18.2 Å². The number of aromatic nitrogens is 2. The molecule has 0 saturated heterocycles. The van der Waals surface area contributed by atoms with Crippen LogP contribution >= 0.6 is 27.5 Å². The minimum Gasteiger partial charge on any atom is -0.439 e. The number of ether oxygens (including phenoxy) is 1. The van der Waals surface area contributed by atoms with Crippen LogP contribution in [0.4, 0.5) is 13.2 Å². The maximum Gasteiger partial charge on any atom is 0.433 e. The predicted molar refractivity (Wildman–Crippen MR) is 66.3 cm³/mol. The standard InChI is InChI=1S/C11H5BrClF3N2O/c12-6-1-3-7(4-2-6)19-9-5-8(11(14,15)16)17-10(13)18-9/h1-5H. The molecule has 2 rings (SSSR count). The Morgan fingerprint density at radius 1 is 1.11 bits per heavy atom. The van der Waals surface area contributed by atoms with E-state index in [0.717, 1.165) is 4.47 Å². The molecular weight excluding hydrogens is 348 g/mol. The Hall–Kier alpha value is -1.34. The molecule has 0 saturated carbocycles. The Morgan fingerprint density at radius 3 is 2.32 bits per heavy atom. The summed E-state index contributed by atoms with van der Waals surface area (Å²) in [6, 6.07) is 7.21. The van der Waals surface area contributed by atoms with Gasteiger partial charge < -0.3 is 4.74 Å². The lowest BCUT2D eigenvalue weighted by molar-refractivity contribution is -0.141. The highest BCUT2D eigenvalue weighted by atomic mass is 79.9. The number of rotatable bonds is 2. The van der Waals surface area contributed by atoms with E-state index in [4.69, 9.17) is 16.3 Å². The molecule has 1 aromatic carbocycles. The van der Waals surface area contributed by atoms with E-state index < -0.39 is 17.2 Å². The monoisotopic (exact) mass is 352 g/mol. The molecule has 0 aliphatic heterocycles. The molecule has 100 valence electrons. The summed E-state index contributed by atoms with van der Waals surface area (Å²) in [6.07, 6.45) is -4.61. The molecule has 1 heterocycles. The van der Waals surface area contributed by atoms with Gasteiger partial charge in [0.25, 0.3) is 0 Å². The van der Waals surface area contributed by atoms with Crippen LogP contribution in [0.25, 0.3) is 0 Å². The van der Waals surface area contributed by atoms with Crippen molar-refractivity contribution in [1.82, 2.24) is 9.97 Å². The second-order valence-electron chi connectivity index (χ2n) is 3.41. The third-order valence-corrected chi connectivity index (χ3v) is 2.70. The maximum absolute atomic E-state index is 12.5. The van der Waals surface area contributed by atoms with E-state index in [1.54, 1.807) is 24.3 Å². The van der Waals surface area contributed by atoms with Crippen molar-refractivity contribution >= 4 is 27.5 Å². The molecule has 0 unspecified atom stereocenters. The van der Waals surface area contributed by atoms with Crippen molar-refractivity contribution in [2.24, 2.45) is 0 Å². The molecule has 3 nitrogen and oxygen atoms in total. The van der Waals surface area contributed by atoms with Gasteiger partial charge in [-0.15, -0.1) is 0 Å². The lowest BCUT2D eigenvalue weighted by Gasteiger charge is -2.09. The van der Waals surface area contributed by atoms with E-state index in [1.807, 2.05) is 0 Å². The molecule has 0 fully saturated rings. The molecule has 0 N–H and O–H groups in total. The van der Waals surface area contributed by atoms with Gasteiger partial charge in [-0.25, -0.2) is 4.98 Å². The van der Waals surface area contributed by atoms with Crippen molar-refractivity contribution in [2.45, 2.75) is 6.18 Å². The van der Waals surface area contributed by atoms with Crippen LogP contribution in [0.3, 0.4) is 0 Å². The van der Waals surface area contributed by atoms with E-state index in [1.165, 1.54) is 0 Å². The van der Waals surface area contributed by atoms with Crippen LogP contribution in [0, 0.1) is 0 Å². The molecule has 19 heavy (non-hydrogen) atoms. The number of nitrogens with zero attached hydrogens (tertiary/aromatic N) is 2. The van der Waals surface area contributed by atoms with Gasteiger partial charge in [0.1, 0.15) is 5.75 Å². The highest BCUT2D eigenvalue weighted by Crippen LogP contribution is 2.31. The molecule has 0 aliphatic rings. The van der Waals surface area contributed by atoms with Gasteiger partial charge in [-0.05, 0) is 35.9 Å². The fourth-order valence-corrected chi connectivity index (χ4v) is 1.66. The van der Waals surface area contributed by atoms with Crippen LogP contribution in [0.2, 0.25) is 5.28 Å². The fourth-order valence-electron chi connectivity index (χ4n) is 1.22. The number of benzene rings is 1. The van der Waals surface area contributed by atoms with Gasteiger partial charge in [0.05, 0.1) is 0 Å². The highest BCUT2D eigenvalue weighted by molar-refractivity contribution is 9.10. The molecule has 2 aromatic rings. The molecule has 0 spiro atoms. The van der Waals surface area contributed by atoms with E-state index in [0.29, 0.717) is 11.8 Å². The van der Waals surface area contributed by atoms with E-state index in [2.05, 4.69) is 25.9 Å². The molecule has 0 amide bonds. The fraction of sp³-hybridized carbons (Fsp3) is 0.0909. The van der Waals surface area contributed by atoms with Crippen molar-refractivity contribution in [3.63, 3.8) is 0 Å². The lowest BCUT2D eigenvalue weighted by atomic mass is 10.3. The first-order valence-electron chi connectivity index (χ1n) is 4.90. The van der Waals surface area contributed by atoms with Crippen LogP contribution < -0.4 is 4.74 Å². The van der Waals surface area contributed by atoms with Crippen LogP contribution in [-0.2, 0) is 6.18 Å². The molecule has 0 bridgehead atoms. The highest BCUT2D eigenvalue weighted by Gasteiger charge is 2.33. The predicted octanol–water partition coefficient (Wildman–Crippen LogP) is 4.70.